The largest absolute Gasteiger partial charge is 0.496 e. The number of thiazole rings is 1. The minimum absolute atomic E-state index is 0.131. The number of nitrogens with one attached hydrogen (secondary N) is 1. The average molecular weight is 584 g/mol. The number of carbonyl (C=O) groups excluding carboxylic acids is 3. The van der Waals surface area contributed by atoms with Crippen molar-refractivity contribution in [2.75, 3.05) is 59.2 Å². The highest BCUT2D eigenvalue weighted by molar-refractivity contribution is 8.01. The van der Waals surface area contributed by atoms with Gasteiger partial charge in [-0.15, -0.1) is 0 Å². The Morgan fingerprint density at radius 1 is 1.18 bits per heavy atom. The van der Waals surface area contributed by atoms with Crippen LogP contribution in [-0.2, 0) is 11.3 Å². The molecule has 0 saturated carbocycles. The van der Waals surface area contributed by atoms with Gasteiger partial charge in [-0.2, -0.15) is 5.10 Å². The summed E-state index contributed by atoms with van der Waals surface area (Å²) in [4.78, 5) is 48.7. The van der Waals surface area contributed by atoms with Crippen LogP contribution in [0.3, 0.4) is 0 Å². The van der Waals surface area contributed by atoms with Gasteiger partial charge in [0, 0.05) is 43.8 Å². The van der Waals surface area contributed by atoms with E-state index in [2.05, 4.69) is 26.9 Å². The molecule has 0 unspecified atom stereocenters. The van der Waals surface area contributed by atoms with E-state index < -0.39 is 0 Å². The zero-order valence-electron chi connectivity index (χ0n) is 23.0. The lowest BCUT2D eigenvalue weighted by atomic mass is 10.1. The molecule has 1 aromatic carbocycles. The third-order valence-corrected chi connectivity index (χ3v) is 8.54. The molecule has 0 aliphatic carbocycles. The summed E-state index contributed by atoms with van der Waals surface area (Å²) in [5.74, 6) is -0.0492. The molecule has 1 fully saturated rings. The zero-order chi connectivity index (χ0) is 28.8. The molecular formula is C27H33N7O4S2. The maximum absolute atomic E-state index is 13.4. The third-order valence-electron chi connectivity index (χ3n) is 6.37. The predicted octanol–water partition coefficient (Wildman–Crippen LogP) is 3.09. The molecule has 3 amide bonds. The number of benzene rings is 1. The first-order valence-electron chi connectivity index (χ1n) is 12.7. The van der Waals surface area contributed by atoms with Crippen molar-refractivity contribution in [3.63, 3.8) is 0 Å². The van der Waals surface area contributed by atoms with Gasteiger partial charge in [-0.05, 0) is 44.8 Å². The molecule has 3 aromatic rings. The minimum atomic E-state index is -0.273. The summed E-state index contributed by atoms with van der Waals surface area (Å²) in [6, 6.07) is 3.69. The van der Waals surface area contributed by atoms with Gasteiger partial charge in [0.25, 0.3) is 11.8 Å². The first kappa shape index (κ1) is 29.3. The second kappa shape index (κ2) is 13.1. The highest BCUT2D eigenvalue weighted by Crippen LogP contribution is 2.38. The fourth-order valence-corrected chi connectivity index (χ4v) is 6.02. The van der Waals surface area contributed by atoms with Gasteiger partial charge in [0.15, 0.2) is 5.13 Å². The summed E-state index contributed by atoms with van der Waals surface area (Å²) < 4.78 is 8.14. The highest BCUT2D eigenvalue weighted by atomic mass is 32.2. The Kier molecular flexibility index (Phi) is 9.61. The summed E-state index contributed by atoms with van der Waals surface area (Å²) in [5, 5.41) is 7.57. The molecule has 0 spiro atoms. The molecule has 3 heterocycles. The summed E-state index contributed by atoms with van der Waals surface area (Å²) >= 11 is 2.82. The van der Waals surface area contributed by atoms with Crippen molar-refractivity contribution in [1.82, 2.24) is 29.5 Å². The molecule has 40 heavy (non-hydrogen) atoms. The van der Waals surface area contributed by atoms with Gasteiger partial charge in [0.05, 0.1) is 41.4 Å². The lowest BCUT2D eigenvalue weighted by Gasteiger charge is -2.34. The van der Waals surface area contributed by atoms with Crippen molar-refractivity contribution < 1.29 is 19.1 Å². The van der Waals surface area contributed by atoms with E-state index in [1.165, 1.54) is 29.2 Å². The van der Waals surface area contributed by atoms with Crippen molar-refractivity contribution >= 4 is 46.0 Å². The summed E-state index contributed by atoms with van der Waals surface area (Å²) in [5.41, 5.74) is 1.87. The first-order chi connectivity index (χ1) is 19.2. The lowest BCUT2D eigenvalue weighted by Crippen LogP contribution is -2.50. The zero-order valence-corrected chi connectivity index (χ0v) is 24.7. The Morgan fingerprint density at radius 3 is 2.58 bits per heavy atom. The molecule has 1 saturated heterocycles. The summed E-state index contributed by atoms with van der Waals surface area (Å²) in [6.45, 7) is 8.78. The Labute approximate surface area is 241 Å². The molecule has 13 heteroatoms. The molecule has 212 valence electrons. The monoisotopic (exact) mass is 583 g/mol. The number of hydrogen-bond acceptors (Lipinski definition) is 9. The van der Waals surface area contributed by atoms with Gasteiger partial charge >= 0.3 is 0 Å². The second-order valence-electron chi connectivity index (χ2n) is 9.48. The van der Waals surface area contributed by atoms with Crippen LogP contribution in [0.25, 0.3) is 0 Å². The van der Waals surface area contributed by atoms with E-state index in [1.54, 1.807) is 40.2 Å². The van der Waals surface area contributed by atoms with E-state index >= 15 is 0 Å². The molecule has 0 atom stereocenters. The molecule has 1 N–H and O–H groups in total. The van der Waals surface area contributed by atoms with Crippen LogP contribution in [-0.4, -0.2) is 101 Å². The number of carbonyl (C=O) groups is 3. The molecule has 1 aliphatic heterocycles. The Morgan fingerprint density at radius 2 is 1.90 bits per heavy atom. The van der Waals surface area contributed by atoms with E-state index in [-0.39, 0.29) is 17.7 Å². The molecule has 4 rings (SSSR count). The topological polar surface area (TPSA) is 113 Å². The second-order valence-corrected chi connectivity index (χ2v) is 11.8. The number of anilines is 1. The Balaban J connectivity index is 1.43. The molecule has 0 bridgehead atoms. The quantitative estimate of drug-likeness (QED) is 0.363. The van der Waals surface area contributed by atoms with Crippen molar-refractivity contribution in [2.24, 2.45) is 0 Å². The fraction of sp³-hybridized carbons (Fsp3) is 0.370. The number of amides is 3. The number of hydrogen-bond donors (Lipinski definition) is 1. The van der Waals surface area contributed by atoms with E-state index in [0.717, 1.165) is 21.2 Å². The lowest BCUT2D eigenvalue weighted by molar-refractivity contribution is -0.127. The van der Waals surface area contributed by atoms with Gasteiger partial charge in [0.1, 0.15) is 5.75 Å². The van der Waals surface area contributed by atoms with Crippen LogP contribution in [0.4, 0.5) is 5.13 Å². The average Bonchev–Trinajstić information content (AvgIpc) is 3.61. The smallest absolute Gasteiger partial charge is 0.260 e. The van der Waals surface area contributed by atoms with E-state index in [9.17, 15) is 14.4 Å². The van der Waals surface area contributed by atoms with Gasteiger partial charge in [0.2, 0.25) is 5.91 Å². The van der Waals surface area contributed by atoms with E-state index in [0.29, 0.717) is 54.7 Å². The number of likely N-dealkylation sites (N-methyl/N-ethyl adjacent to an activating group) is 1. The summed E-state index contributed by atoms with van der Waals surface area (Å²) in [7, 11) is 5.51. The van der Waals surface area contributed by atoms with Crippen LogP contribution in [0.1, 0.15) is 26.3 Å². The van der Waals surface area contributed by atoms with Crippen LogP contribution >= 0.6 is 23.1 Å². The van der Waals surface area contributed by atoms with Crippen molar-refractivity contribution in [1.29, 1.82) is 0 Å². The standard InChI is InChI=1S/C27H33N7O4S2/c1-6-23(35)32-8-10-33(11-9-32)26(37)20-14-22(18(2)13-21(20)38-5)39-24-16-28-27(40-24)30-25(36)19-15-29-34(17-19)12-7-31(3)4/h6,13-17H,1,7-12H2,2-5H3,(H,28,30,36). The minimum Gasteiger partial charge on any atom is -0.496 e. The van der Waals surface area contributed by atoms with Crippen molar-refractivity contribution in [2.45, 2.75) is 22.6 Å². The predicted molar refractivity (Wildman–Crippen MR) is 155 cm³/mol. The Bertz CT molecular complexity index is 1390. The van der Waals surface area contributed by atoms with Gasteiger partial charge in [-0.3, -0.25) is 24.4 Å². The third kappa shape index (κ3) is 7.09. The number of nitrogens with zero attached hydrogens (tertiary/aromatic N) is 6. The van der Waals surface area contributed by atoms with Crippen molar-refractivity contribution in [3.8, 4) is 5.75 Å². The molecule has 0 radical (unpaired) electrons. The van der Waals surface area contributed by atoms with Crippen LogP contribution in [0, 0.1) is 6.92 Å². The molecule has 1 aliphatic rings. The van der Waals surface area contributed by atoms with E-state index in [1.807, 2.05) is 33.2 Å². The number of rotatable bonds is 10. The van der Waals surface area contributed by atoms with Gasteiger partial charge < -0.3 is 19.4 Å². The van der Waals surface area contributed by atoms with Crippen LogP contribution < -0.4 is 10.1 Å². The highest BCUT2D eigenvalue weighted by Gasteiger charge is 2.26. The number of ether oxygens (including phenoxy) is 1. The molecular weight excluding hydrogens is 550 g/mol. The number of aromatic nitrogens is 3. The number of piperazine rings is 1. The first-order valence-corrected chi connectivity index (χ1v) is 14.3. The normalized spacial score (nSPS) is 13.4. The summed E-state index contributed by atoms with van der Waals surface area (Å²) in [6.07, 6.45) is 6.26. The Hall–Kier alpha value is -3.68. The van der Waals surface area contributed by atoms with Gasteiger partial charge in [-0.1, -0.05) is 29.7 Å². The van der Waals surface area contributed by atoms with E-state index in [4.69, 9.17) is 4.74 Å². The van der Waals surface area contributed by atoms with Gasteiger partial charge in [-0.25, -0.2) is 4.98 Å². The maximum atomic E-state index is 13.4. The number of methoxy groups -OCH3 is 1. The molecule has 2 aromatic heterocycles. The fourth-order valence-electron chi connectivity index (χ4n) is 4.08. The number of aryl methyl sites for hydroxylation is 1. The van der Waals surface area contributed by atoms with Crippen LogP contribution in [0.2, 0.25) is 0 Å². The van der Waals surface area contributed by atoms with Crippen molar-refractivity contribution in [3.05, 3.63) is 60.1 Å². The SMILES string of the molecule is C=CC(=O)N1CCN(C(=O)c2cc(Sc3cnc(NC(=O)c4cnn(CCN(C)C)c4)s3)c(C)cc2OC)CC1. The van der Waals surface area contributed by atoms with Crippen LogP contribution in [0.15, 0.2) is 52.5 Å². The maximum Gasteiger partial charge on any atom is 0.260 e. The van der Waals surface area contributed by atoms with Crippen LogP contribution in [0.5, 0.6) is 5.75 Å². The molecule has 11 nitrogen and oxygen atoms in total.